The van der Waals surface area contributed by atoms with Crippen LogP contribution in [0, 0.1) is 0 Å². The predicted molar refractivity (Wildman–Crippen MR) is 109 cm³/mol. The van der Waals surface area contributed by atoms with Crippen LogP contribution in [0.5, 0.6) is 11.5 Å². The van der Waals surface area contributed by atoms with Crippen molar-refractivity contribution < 1.29 is 22.7 Å². The molecule has 0 aliphatic carbocycles. The Labute approximate surface area is 174 Å². The molecule has 1 saturated heterocycles. The largest absolute Gasteiger partial charge is 0.486 e. The lowest BCUT2D eigenvalue weighted by molar-refractivity contribution is 0.102. The number of carbonyl (C=O) groups excluding carboxylic acids is 1. The van der Waals surface area contributed by atoms with E-state index in [2.05, 4.69) is 4.98 Å². The molecule has 9 heteroatoms. The van der Waals surface area contributed by atoms with Gasteiger partial charge in [-0.1, -0.05) is 18.2 Å². The zero-order valence-electron chi connectivity index (χ0n) is 15.9. The van der Waals surface area contributed by atoms with Gasteiger partial charge in [-0.05, 0) is 43.2 Å². The Morgan fingerprint density at radius 3 is 2.52 bits per heavy atom. The summed E-state index contributed by atoms with van der Waals surface area (Å²) in [6.45, 7) is 2.09. The highest BCUT2D eigenvalue weighted by Gasteiger charge is 2.26. The molecule has 4 rings (SSSR count). The summed E-state index contributed by atoms with van der Waals surface area (Å²) < 4.78 is 37.8. The van der Waals surface area contributed by atoms with Gasteiger partial charge >= 0.3 is 0 Å². The zero-order chi connectivity index (χ0) is 20.3. The van der Waals surface area contributed by atoms with Crippen LogP contribution in [0.2, 0.25) is 0 Å². The van der Waals surface area contributed by atoms with E-state index in [0.717, 1.165) is 19.3 Å². The number of sulfonamides is 1. The van der Waals surface area contributed by atoms with Gasteiger partial charge in [-0.25, -0.2) is 13.4 Å². The number of piperidine rings is 1. The summed E-state index contributed by atoms with van der Waals surface area (Å²) in [7, 11) is -3.49. The molecule has 0 amide bonds. The van der Waals surface area contributed by atoms with Crippen molar-refractivity contribution >= 4 is 27.6 Å². The van der Waals surface area contributed by atoms with Crippen LogP contribution in [0.15, 0.2) is 46.5 Å². The molecule has 1 fully saturated rings. The number of fused-ring (bicyclic) bond motifs is 1. The normalized spacial score (nSPS) is 17.1. The van der Waals surface area contributed by atoms with Gasteiger partial charge in [0, 0.05) is 24.8 Å². The van der Waals surface area contributed by atoms with Crippen LogP contribution in [0.3, 0.4) is 0 Å². The standard InChI is InChI=1S/C20H22N2O5S2/c23-17(15-4-6-18-19(12-15)27-11-10-26-18)14-28-20-7-5-16(13-21-20)29(24,25)22-8-2-1-3-9-22/h4-7,12-13H,1-3,8-11,14H2. The lowest BCUT2D eigenvalue weighted by Crippen LogP contribution is -2.35. The van der Waals surface area contributed by atoms with Crippen LogP contribution < -0.4 is 9.47 Å². The third kappa shape index (κ3) is 4.57. The molecule has 0 radical (unpaired) electrons. The molecule has 2 aliphatic rings. The van der Waals surface area contributed by atoms with Crippen LogP contribution in [-0.4, -0.2) is 55.5 Å². The number of thioether (sulfide) groups is 1. The first-order chi connectivity index (χ1) is 14.0. The number of Topliss-reactive ketones (excluding diaryl/α,β-unsaturated/α-hetero) is 1. The van der Waals surface area contributed by atoms with E-state index in [1.807, 2.05) is 0 Å². The molecule has 0 bridgehead atoms. The second-order valence-corrected chi connectivity index (χ2v) is 9.80. The van der Waals surface area contributed by atoms with E-state index < -0.39 is 10.0 Å². The Bertz CT molecular complexity index is 986. The monoisotopic (exact) mass is 434 g/mol. The molecule has 2 aromatic rings. The number of hydrogen-bond donors (Lipinski definition) is 0. The predicted octanol–water partition coefficient (Wildman–Crippen LogP) is 3.00. The van der Waals surface area contributed by atoms with Gasteiger partial charge in [0.1, 0.15) is 18.1 Å². The number of aromatic nitrogens is 1. The molecule has 0 saturated carbocycles. The lowest BCUT2D eigenvalue weighted by atomic mass is 10.1. The number of hydrogen-bond acceptors (Lipinski definition) is 7. The van der Waals surface area contributed by atoms with E-state index in [9.17, 15) is 13.2 Å². The van der Waals surface area contributed by atoms with Crippen molar-refractivity contribution in [1.29, 1.82) is 0 Å². The Kier molecular flexibility index (Phi) is 6.07. The van der Waals surface area contributed by atoms with Crippen molar-refractivity contribution in [3.8, 4) is 11.5 Å². The minimum atomic E-state index is -3.49. The second-order valence-electron chi connectivity index (χ2n) is 6.87. The Hall–Kier alpha value is -2.10. The first-order valence-electron chi connectivity index (χ1n) is 9.56. The van der Waals surface area contributed by atoms with Crippen LogP contribution in [0.25, 0.3) is 0 Å². The fourth-order valence-electron chi connectivity index (χ4n) is 3.30. The highest BCUT2D eigenvalue weighted by atomic mass is 32.2. The smallest absolute Gasteiger partial charge is 0.244 e. The molecule has 1 aromatic carbocycles. The van der Waals surface area contributed by atoms with Gasteiger partial charge in [-0.2, -0.15) is 4.31 Å². The molecule has 1 aromatic heterocycles. The molecule has 29 heavy (non-hydrogen) atoms. The van der Waals surface area contributed by atoms with Crippen molar-refractivity contribution in [2.45, 2.75) is 29.2 Å². The quantitative estimate of drug-likeness (QED) is 0.510. The summed E-state index contributed by atoms with van der Waals surface area (Å²) in [6, 6.07) is 8.37. The fraction of sp³-hybridized carbons (Fsp3) is 0.400. The second kappa shape index (κ2) is 8.73. The molecule has 3 heterocycles. The summed E-state index contributed by atoms with van der Waals surface area (Å²) in [5, 5.41) is 0.605. The van der Waals surface area contributed by atoms with Crippen LogP contribution in [-0.2, 0) is 10.0 Å². The van der Waals surface area contributed by atoms with Gasteiger partial charge in [-0.15, -0.1) is 0 Å². The number of carbonyl (C=O) groups is 1. The average Bonchev–Trinajstić information content (AvgIpc) is 2.78. The molecule has 0 atom stereocenters. The number of benzene rings is 1. The van der Waals surface area contributed by atoms with Gasteiger partial charge < -0.3 is 9.47 Å². The molecular formula is C20H22N2O5S2. The summed E-state index contributed by atoms with van der Waals surface area (Å²) in [6.07, 6.45) is 4.23. The molecule has 0 N–H and O–H groups in total. The topological polar surface area (TPSA) is 85.8 Å². The maximum absolute atomic E-state index is 12.7. The molecular weight excluding hydrogens is 412 g/mol. The minimum absolute atomic E-state index is 0.0567. The number of pyridine rings is 1. The first kappa shape index (κ1) is 20.2. The Balaban J connectivity index is 1.38. The third-order valence-electron chi connectivity index (χ3n) is 4.88. The maximum Gasteiger partial charge on any atom is 0.244 e. The van der Waals surface area contributed by atoms with E-state index in [1.54, 1.807) is 30.3 Å². The Morgan fingerprint density at radius 2 is 1.79 bits per heavy atom. The van der Waals surface area contributed by atoms with Crippen molar-refractivity contribution in [3.63, 3.8) is 0 Å². The van der Waals surface area contributed by atoms with E-state index in [4.69, 9.17) is 9.47 Å². The molecule has 7 nitrogen and oxygen atoms in total. The number of rotatable bonds is 6. The van der Waals surface area contributed by atoms with E-state index >= 15 is 0 Å². The molecule has 0 unspecified atom stereocenters. The van der Waals surface area contributed by atoms with Crippen LogP contribution in [0.1, 0.15) is 29.6 Å². The third-order valence-corrected chi connectivity index (χ3v) is 7.70. The molecule has 0 spiro atoms. The van der Waals surface area contributed by atoms with Gasteiger partial charge in [0.05, 0.1) is 10.8 Å². The summed E-state index contributed by atoms with van der Waals surface area (Å²) in [5.74, 6) is 1.37. The van der Waals surface area contributed by atoms with Crippen LogP contribution >= 0.6 is 11.8 Å². The zero-order valence-corrected chi connectivity index (χ0v) is 17.5. The average molecular weight is 435 g/mol. The van der Waals surface area contributed by atoms with Crippen molar-refractivity contribution in [1.82, 2.24) is 9.29 Å². The molecule has 2 aliphatic heterocycles. The number of ketones is 1. The summed E-state index contributed by atoms with van der Waals surface area (Å²) in [4.78, 5) is 16.9. The van der Waals surface area contributed by atoms with Crippen molar-refractivity contribution in [2.24, 2.45) is 0 Å². The van der Waals surface area contributed by atoms with Crippen molar-refractivity contribution in [2.75, 3.05) is 32.1 Å². The SMILES string of the molecule is O=C(CSc1ccc(S(=O)(=O)N2CCCCC2)cn1)c1ccc2c(c1)OCCO2. The first-order valence-corrected chi connectivity index (χ1v) is 12.0. The Morgan fingerprint density at radius 1 is 1.03 bits per heavy atom. The van der Waals surface area contributed by atoms with Gasteiger partial charge in [0.25, 0.3) is 0 Å². The number of ether oxygens (including phenoxy) is 2. The van der Waals surface area contributed by atoms with E-state index in [1.165, 1.54) is 22.3 Å². The maximum atomic E-state index is 12.7. The molecule has 154 valence electrons. The highest BCUT2D eigenvalue weighted by molar-refractivity contribution is 7.99. The van der Waals surface area contributed by atoms with E-state index in [0.29, 0.717) is 48.4 Å². The number of nitrogens with zero attached hydrogens (tertiary/aromatic N) is 2. The summed E-state index contributed by atoms with van der Waals surface area (Å²) >= 11 is 1.27. The highest BCUT2D eigenvalue weighted by Crippen LogP contribution is 2.31. The minimum Gasteiger partial charge on any atom is -0.486 e. The van der Waals surface area contributed by atoms with Crippen molar-refractivity contribution in [3.05, 3.63) is 42.1 Å². The van der Waals surface area contributed by atoms with Gasteiger partial charge in [0.2, 0.25) is 10.0 Å². The van der Waals surface area contributed by atoms with Gasteiger partial charge in [-0.3, -0.25) is 4.79 Å². The van der Waals surface area contributed by atoms with Crippen LogP contribution in [0.4, 0.5) is 0 Å². The summed E-state index contributed by atoms with van der Waals surface area (Å²) in [5.41, 5.74) is 0.547. The fourth-order valence-corrected chi connectivity index (χ4v) is 5.50. The van der Waals surface area contributed by atoms with Gasteiger partial charge in [0.15, 0.2) is 17.3 Å². The van der Waals surface area contributed by atoms with E-state index in [-0.39, 0.29) is 16.4 Å². The lowest BCUT2D eigenvalue weighted by Gasteiger charge is -2.25.